The van der Waals surface area contributed by atoms with Crippen LogP contribution in [-0.2, 0) is 13.0 Å². The van der Waals surface area contributed by atoms with Crippen LogP contribution in [-0.4, -0.2) is 6.54 Å². The molecule has 1 aromatic carbocycles. The molecule has 0 aliphatic heterocycles. The molecule has 0 radical (unpaired) electrons. The van der Waals surface area contributed by atoms with E-state index in [2.05, 4.69) is 5.32 Å². The Hall–Kier alpha value is -1.61. The van der Waals surface area contributed by atoms with E-state index in [1.807, 2.05) is 12.1 Å². The van der Waals surface area contributed by atoms with Crippen molar-refractivity contribution >= 4 is 0 Å². The third-order valence-corrected chi connectivity index (χ3v) is 2.39. The lowest BCUT2D eigenvalue weighted by Crippen LogP contribution is -2.16. The number of benzene rings is 1. The normalized spacial score (nSPS) is 10.6. The minimum Gasteiger partial charge on any atom is -0.472 e. The van der Waals surface area contributed by atoms with Crippen molar-refractivity contribution in [2.75, 3.05) is 6.54 Å². The quantitative estimate of drug-likeness (QED) is 0.782. The van der Waals surface area contributed by atoms with Gasteiger partial charge in [-0.15, -0.1) is 0 Å². The topological polar surface area (TPSA) is 25.2 Å². The van der Waals surface area contributed by atoms with Gasteiger partial charge in [0.1, 0.15) is 5.82 Å². The molecular weight excluding hydrogens is 205 g/mol. The fourth-order valence-corrected chi connectivity index (χ4v) is 1.55. The lowest BCUT2D eigenvalue weighted by Gasteiger charge is -2.03. The van der Waals surface area contributed by atoms with Gasteiger partial charge < -0.3 is 9.73 Å². The molecule has 1 N–H and O–H groups in total. The van der Waals surface area contributed by atoms with Gasteiger partial charge in [0.15, 0.2) is 0 Å². The van der Waals surface area contributed by atoms with Crippen molar-refractivity contribution in [2.24, 2.45) is 0 Å². The Bertz CT molecular complexity index is 425. The molecule has 3 heteroatoms. The lowest BCUT2D eigenvalue weighted by atomic mass is 10.1. The zero-order valence-corrected chi connectivity index (χ0v) is 8.95. The van der Waals surface area contributed by atoms with Gasteiger partial charge in [-0.1, -0.05) is 12.1 Å². The Morgan fingerprint density at radius 1 is 1.19 bits per heavy atom. The second-order valence-electron chi connectivity index (χ2n) is 3.69. The van der Waals surface area contributed by atoms with Crippen molar-refractivity contribution in [3.63, 3.8) is 0 Å². The first kappa shape index (κ1) is 10.9. The highest BCUT2D eigenvalue weighted by Crippen LogP contribution is 2.04. The van der Waals surface area contributed by atoms with Gasteiger partial charge >= 0.3 is 0 Å². The monoisotopic (exact) mass is 219 g/mol. The molecule has 84 valence electrons. The van der Waals surface area contributed by atoms with E-state index in [0.29, 0.717) is 0 Å². The molecule has 0 spiro atoms. The number of rotatable bonds is 5. The van der Waals surface area contributed by atoms with E-state index in [4.69, 9.17) is 4.42 Å². The van der Waals surface area contributed by atoms with Crippen LogP contribution in [0.3, 0.4) is 0 Å². The number of hydrogen-bond donors (Lipinski definition) is 1. The van der Waals surface area contributed by atoms with Gasteiger partial charge in [0.25, 0.3) is 0 Å². The highest BCUT2D eigenvalue weighted by atomic mass is 19.1. The van der Waals surface area contributed by atoms with Crippen molar-refractivity contribution < 1.29 is 8.81 Å². The van der Waals surface area contributed by atoms with Gasteiger partial charge in [0.05, 0.1) is 12.5 Å². The van der Waals surface area contributed by atoms with Crippen molar-refractivity contribution in [1.82, 2.24) is 5.32 Å². The van der Waals surface area contributed by atoms with E-state index in [0.717, 1.165) is 30.6 Å². The molecule has 1 heterocycles. The SMILES string of the molecule is Fc1cccc(CCNCc2ccoc2)c1. The number of hydrogen-bond acceptors (Lipinski definition) is 2. The van der Waals surface area contributed by atoms with Gasteiger partial charge in [0, 0.05) is 12.1 Å². The minimum absolute atomic E-state index is 0.174. The average molecular weight is 219 g/mol. The molecule has 0 unspecified atom stereocenters. The van der Waals surface area contributed by atoms with E-state index >= 15 is 0 Å². The molecule has 2 aromatic rings. The Labute approximate surface area is 94.1 Å². The zero-order valence-electron chi connectivity index (χ0n) is 8.95. The van der Waals surface area contributed by atoms with Gasteiger partial charge in [0.2, 0.25) is 0 Å². The molecule has 0 aliphatic carbocycles. The van der Waals surface area contributed by atoms with E-state index < -0.39 is 0 Å². The summed E-state index contributed by atoms with van der Waals surface area (Å²) in [5.41, 5.74) is 2.14. The van der Waals surface area contributed by atoms with Gasteiger partial charge in [-0.2, -0.15) is 0 Å². The standard InChI is InChI=1S/C13H14FNO/c14-13-3-1-2-11(8-13)4-6-15-9-12-5-7-16-10-12/h1-3,5,7-8,10,15H,4,6,9H2. The van der Waals surface area contributed by atoms with Crippen molar-refractivity contribution in [2.45, 2.75) is 13.0 Å². The van der Waals surface area contributed by atoms with E-state index in [1.165, 1.54) is 6.07 Å². The smallest absolute Gasteiger partial charge is 0.123 e. The molecule has 0 amide bonds. The van der Waals surface area contributed by atoms with Crippen LogP contribution in [0.5, 0.6) is 0 Å². The van der Waals surface area contributed by atoms with E-state index in [-0.39, 0.29) is 5.82 Å². The predicted octanol–water partition coefficient (Wildman–Crippen LogP) is 2.75. The maximum atomic E-state index is 12.9. The number of halogens is 1. The summed E-state index contributed by atoms with van der Waals surface area (Å²) in [6, 6.07) is 8.63. The van der Waals surface area contributed by atoms with Crippen LogP contribution < -0.4 is 5.32 Å². The molecule has 0 atom stereocenters. The van der Waals surface area contributed by atoms with E-state index in [1.54, 1.807) is 24.7 Å². The largest absolute Gasteiger partial charge is 0.472 e. The molecule has 0 bridgehead atoms. The first-order valence-corrected chi connectivity index (χ1v) is 5.31. The summed E-state index contributed by atoms with van der Waals surface area (Å²) in [6.45, 7) is 1.61. The molecule has 0 fully saturated rings. The van der Waals surface area contributed by atoms with Crippen LogP contribution in [0.1, 0.15) is 11.1 Å². The van der Waals surface area contributed by atoms with Crippen LogP contribution in [0.2, 0.25) is 0 Å². The highest BCUT2D eigenvalue weighted by molar-refractivity contribution is 5.16. The average Bonchev–Trinajstić information content (AvgIpc) is 2.77. The van der Waals surface area contributed by atoms with E-state index in [9.17, 15) is 4.39 Å². The van der Waals surface area contributed by atoms with Crippen LogP contribution in [0.15, 0.2) is 47.3 Å². The maximum Gasteiger partial charge on any atom is 0.123 e. The second-order valence-corrected chi connectivity index (χ2v) is 3.69. The molecule has 0 saturated heterocycles. The summed E-state index contributed by atoms with van der Waals surface area (Å²) in [6.07, 6.45) is 4.20. The molecule has 2 nitrogen and oxygen atoms in total. The molecule has 0 saturated carbocycles. The minimum atomic E-state index is -0.174. The third-order valence-electron chi connectivity index (χ3n) is 2.39. The number of furan rings is 1. The Kier molecular flexibility index (Phi) is 3.72. The summed E-state index contributed by atoms with van der Waals surface area (Å²) >= 11 is 0. The zero-order chi connectivity index (χ0) is 11.2. The second kappa shape index (κ2) is 5.47. The molecule has 16 heavy (non-hydrogen) atoms. The highest BCUT2D eigenvalue weighted by Gasteiger charge is 1.96. The maximum absolute atomic E-state index is 12.9. The molecule has 1 aromatic heterocycles. The fraction of sp³-hybridized carbons (Fsp3) is 0.231. The molecule has 2 rings (SSSR count). The number of nitrogens with one attached hydrogen (secondary N) is 1. The predicted molar refractivity (Wildman–Crippen MR) is 60.5 cm³/mol. The van der Waals surface area contributed by atoms with Crippen LogP contribution >= 0.6 is 0 Å². The van der Waals surface area contributed by atoms with Crippen molar-refractivity contribution in [3.8, 4) is 0 Å². The Morgan fingerprint density at radius 2 is 2.12 bits per heavy atom. The van der Waals surface area contributed by atoms with Crippen molar-refractivity contribution in [3.05, 3.63) is 59.8 Å². The summed E-state index contributed by atoms with van der Waals surface area (Å²) in [5, 5.41) is 3.27. The van der Waals surface area contributed by atoms with Crippen LogP contribution in [0, 0.1) is 5.82 Å². The molecule has 0 aliphatic rings. The van der Waals surface area contributed by atoms with Gasteiger partial charge in [-0.05, 0) is 36.7 Å². The first-order valence-electron chi connectivity index (χ1n) is 5.31. The summed E-state index contributed by atoms with van der Waals surface area (Å²) < 4.78 is 17.8. The Balaban J connectivity index is 1.72. The van der Waals surface area contributed by atoms with Gasteiger partial charge in [-0.25, -0.2) is 4.39 Å². The van der Waals surface area contributed by atoms with Crippen LogP contribution in [0.25, 0.3) is 0 Å². The lowest BCUT2D eigenvalue weighted by molar-refractivity contribution is 0.560. The summed E-state index contributed by atoms with van der Waals surface area (Å²) in [7, 11) is 0. The Morgan fingerprint density at radius 3 is 2.88 bits per heavy atom. The van der Waals surface area contributed by atoms with Crippen molar-refractivity contribution in [1.29, 1.82) is 0 Å². The fourth-order valence-electron chi connectivity index (χ4n) is 1.55. The molecular formula is C13H14FNO. The third kappa shape index (κ3) is 3.21. The summed E-state index contributed by atoms with van der Waals surface area (Å²) in [4.78, 5) is 0. The first-order chi connectivity index (χ1) is 7.84. The summed E-state index contributed by atoms with van der Waals surface area (Å²) in [5.74, 6) is -0.174. The van der Waals surface area contributed by atoms with Gasteiger partial charge in [-0.3, -0.25) is 0 Å². The van der Waals surface area contributed by atoms with Crippen LogP contribution in [0.4, 0.5) is 4.39 Å².